The normalized spacial score (nSPS) is 16.8. The summed E-state index contributed by atoms with van der Waals surface area (Å²) < 4.78 is 12.6. The average Bonchev–Trinajstić information content (AvgIpc) is 3.39. The van der Waals surface area contributed by atoms with Crippen molar-refractivity contribution in [2.45, 2.75) is 19.4 Å². The topological polar surface area (TPSA) is 112 Å². The molecular weight excluding hydrogens is 386 g/mol. The van der Waals surface area contributed by atoms with Crippen LogP contribution in [0.5, 0.6) is 0 Å². The maximum atomic E-state index is 12.6. The van der Waals surface area contributed by atoms with Gasteiger partial charge in [0.2, 0.25) is 11.8 Å². The minimum absolute atomic E-state index is 0.0701. The molecule has 5 heterocycles. The number of aromatic nitrogens is 6. The molecular formula is C20H19N7O3. The van der Waals surface area contributed by atoms with E-state index in [1.165, 1.54) is 0 Å². The second kappa shape index (κ2) is 7.64. The van der Waals surface area contributed by atoms with Crippen LogP contribution in [-0.2, 0) is 16.0 Å². The van der Waals surface area contributed by atoms with Crippen LogP contribution in [0.3, 0.4) is 0 Å². The number of fused-ring (bicyclic) bond motifs is 1. The van der Waals surface area contributed by atoms with Crippen LogP contribution in [0.15, 0.2) is 47.4 Å². The predicted octanol–water partition coefficient (Wildman–Crippen LogP) is 1.63. The second-order valence-electron chi connectivity index (χ2n) is 7.04. The first-order valence-corrected chi connectivity index (χ1v) is 9.61. The van der Waals surface area contributed by atoms with Gasteiger partial charge in [0.1, 0.15) is 12.5 Å². The average molecular weight is 405 g/mol. The minimum Gasteiger partial charge on any atom is -0.366 e. The summed E-state index contributed by atoms with van der Waals surface area (Å²) in [4.78, 5) is 27.2. The summed E-state index contributed by atoms with van der Waals surface area (Å²) in [5.41, 5.74) is 2.70. The molecule has 1 fully saturated rings. The van der Waals surface area contributed by atoms with Crippen molar-refractivity contribution in [1.29, 1.82) is 0 Å². The summed E-state index contributed by atoms with van der Waals surface area (Å²) in [6, 6.07) is 7.77. The molecule has 152 valence electrons. The lowest BCUT2D eigenvalue weighted by atomic mass is 10.1. The van der Waals surface area contributed by atoms with Crippen LogP contribution in [0.1, 0.15) is 23.6 Å². The number of amides is 1. The fraction of sp³-hybridized carbons (Fsp3) is 0.300. The van der Waals surface area contributed by atoms with Gasteiger partial charge in [-0.1, -0.05) is 11.2 Å². The molecule has 1 amide bonds. The van der Waals surface area contributed by atoms with Gasteiger partial charge >= 0.3 is 0 Å². The maximum absolute atomic E-state index is 12.6. The van der Waals surface area contributed by atoms with E-state index >= 15 is 0 Å². The zero-order chi connectivity index (χ0) is 20.5. The molecule has 0 radical (unpaired) electrons. The fourth-order valence-electron chi connectivity index (χ4n) is 3.43. The molecule has 0 N–H and O–H groups in total. The van der Waals surface area contributed by atoms with Gasteiger partial charge < -0.3 is 14.2 Å². The van der Waals surface area contributed by atoms with Gasteiger partial charge in [0, 0.05) is 36.3 Å². The number of ether oxygens (including phenoxy) is 1. The molecule has 30 heavy (non-hydrogen) atoms. The first kappa shape index (κ1) is 18.4. The number of carbonyl (C=O) groups is 1. The molecule has 1 atom stereocenters. The van der Waals surface area contributed by atoms with E-state index < -0.39 is 6.10 Å². The van der Waals surface area contributed by atoms with Gasteiger partial charge in [0.15, 0.2) is 17.3 Å². The third-order valence-electron chi connectivity index (χ3n) is 4.92. The summed E-state index contributed by atoms with van der Waals surface area (Å²) in [6.45, 7) is 3.01. The largest absolute Gasteiger partial charge is 0.366 e. The van der Waals surface area contributed by atoms with E-state index in [4.69, 9.17) is 9.26 Å². The number of rotatable bonds is 4. The van der Waals surface area contributed by atoms with Crippen molar-refractivity contribution in [3.8, 4) is 11.1 Å². The van der Waals surface area contributed by atoms with Crippen LogP contribution in [0, 0.1) is 6.92 Å². The van der Waals surface area contributed by atoms with Gasteiger partial charge in [0.25, 0.3) is 0 Å². The molecule has 0 saturated carbocycles. The molecule has 0 aromatic carbocycles. The summed E-state index contributed by atoms with van der Waals surface area (Å²) in [6.07, 6.45) is 5.13. The Hall–Kier alpha value is -3.66. The molecule has 0 bridgehead atoms. The van der Waals surface area contributed by atoms with Crippen molar-refractivity contribution in [3.63, 3.8) is 0 Å². The van der Waals surface area contributed by atoms with Crippen LogP contribution < -0.4 is 0 Å². The van der Waals surface area contributed by atoms with E-state index in [1.54, 1.807) is 28.7 Å². The van der Waals surface area contributed by atoms with Crippen molar-refractivity contribution in [1.82, 2.24) is 34.6 Å². The summed E-state index contributed by atoms with van der Waals surface area (Å²) in [7, 11) is 0. The Labute approximate surface area is 171 Å². The molecule has 4 aromatic rings. The number of aryl methyl sites for hydroxylation is 1. The second-order valence-corrected chi connectivity index (χ2v) is 7.04. The highest BCUT2D eigenvalue weighted by atomic mass is 16.5. The number of nitrogens with zero attached hydrogens (tertiary/aromatic N) is 7. The first-order chi connectivity index (χ1) is 14.7. The van der Waals surface area contributed by atoms with E-state index in [0.29, 0.717) is 42.9 Å². The fourth-order valence-corrected chi connectivity index (χ4v) is 3.43. The van der Waals surface area contributed by atoms with E-state index in [0.717, 1.165) is 11.1 Å². The third kappa shape index (κ3) is 3.64. The maximum Gasteiger partial charge on any atom is 0.236 e. The highest BCUT2D eigenvalue weighted by Crippen LogP contribution is 2.23. The van der Waals surface area contributed by atoms with E-state index in [-0.39, 0.29) is 12.3 Å². The van der Waals surface area contributed by atoms with Gasteiger partial charge in [-0.25, -0.2) is 9.50 Å². The standard InChI is InChI=1S/C20H19N7O3/c1-13-22-18(30-25-13)9-19(28)26-7-8-29-16(12-26)20-23-17-5-4-15(11-27(17)24-20)14-3-2-6-21-10-14/h2-6,10-11,16H,7-9,12H2,1H3/t16-/m1/s1. The quantitative estimate of drug-likeness (QED) is 0.504. The summed E-state index contributed by atoms with van der Waals surface area (Å²) >= 11 is 0. The number of hydrogen-bond donors (Lipinski definition) is 0. The lowest BCUT2D eigenvalue weighted by Gasteiger charge is -2.31. The number of carbonyl (C=O) groups excluding carboxylic acids is 1. The van der Waals surface area contributed by atoms with Gasteiger partial charge in [-0.3, -0.25) is 9.78 Å². The molecule has 1 aliphatic rings. The molecule has 10 heteroatoms. The Morgan fingerprint density at radius 3 is 2.97 bits per heavy atom. The van der Waals surface area contributed by atoms with Crippen molar-refractivity contribution in [2.24, 2.45) is 0 Å². The molecule has 4 aromatic heterocycles. The lowest BCUT2D eigenvalue weighted by molar-refractivity contribution is -0.139. The summed E-state index contributed by atoms with van der Waals surface area (Å²) in [5, 5.41) is 8.31. The van der Waals surface area contributed by atoms with E-state index in [1.807, 2.05) is 30.5 Å². The van der Waals surface area contributed by atoms with Gasteiger partial charge in [-0.2, -0.15) is 4.98 Å². The summed E-state index contributed by atoms with van der Waals surface area (Å²) in [5.74, 6) is 1.28. The highest BCUT2D eigenvalue weighted by Gasteiger charge is 2.29. The number of hydrogen-bond acceptors (Lipinski definition) is 8. The van der Waals surface area contributed by atoms with Crippen LogP contribution in [0.25, 0.3) is 16.8 Å². The van der Waals surface area contributed by atoms with E-state index in [9.17, 15) is 4.79 Å². The molecule has 10 nitrogen and oxygen atoms in total. The van der Waals surface area contributed by atoms with Crippen molar-refractivity contribution < 1.29 is 14.1 Å². The van der Waals surface area contributed by atoms with E-state index in [2.05, 4.69) is 25.2 Å². The zero-order valence-corrected chi connectivity index (χ0v) is 16.3. The Morgan fingerprint density at radius 1 is 1.23 bits per heavy atom. The number of morpholine rings is 1. The molecule has 5 rings (SSSR count). The van der Waals surface area contributed by atoms with Crippen molar-refractivity contribution >= 4 is 11.6 Å². The van der Waals surface area contributed by atoms with Crippen LogP contribution in [0.2, 0.25) is 0 Å². The Morgan fingerprint density at radius 2 is 2.17 bits per heavy atom. The number of pyridine rings is 2. The monoisotopic (exact) mass is 405 g/mol. The Balaban J connectivity index is 1.33. The first-order valence-electron chi connectivity index (χ1n) is 9.61. The predicted molar refractivity (Wildman–Crippen MR) is 104 cm³/mol. The molecule has 0 unspecified atom stereocenters. The molecule has 1 aliphatic heterocycles. The molecule has 0 spiro atoms. The van der Waals surface area contributed by atoms with Crippen LogP contribution in [0.4, 0.5) is 0 Å². The van der Waals surface area contributed by atoms with Crippen molar-refractivity contribution in [3.05, 3.63) is 60.4 Å². The smallest absolute Gasteiger partial charge is 0.236 e. The van der Waals surface area contributed by atoms with Gasteiger partial charge in [-0.15, -0.1) is 5.10 Å². The van der Waals surface area contributed by atoms with Gasteiger partial charge in [0.05, 0.1) is 13.2 Å². The van der Waals surface area contributed by atoms with Gasteiger partial charge in [-0.05, 0) is 25.1 Å². The van der Waals surface area contributed by atoms with Crippen molar-refractivity contribution in [2.75, 3.05) is 19.7 Å². The zero-order valence-electron chi connectivity index (χ0n) is 16.3. The Bertz CT molecular complexity index is 1190. The molecule has 0 aliphatic carbocycles. The van der Waals surface area contributed by atoms with Crippen LogP contribution >= 0.6 is 0 Å². The van der Waals surface area contributed by atoms with Crippen LogP contribution in [-0.4, -0.2) is 60.2 Å². The molecule has 1 saturated heterocycles. The highest BCUT2D eigenvalue weighted by molar-refractivity contribution is 5.78. The lowest BCUT2D eigenvalue weighted by Crippen LogP contribution is -2.43. The third-order valence-corrected chi connectivity index (χ3v) is 4.92. The Kier molecular flexibility index (Phi) is 4.68. The minimum atomic E-state index is -0.395. The SMILES string of the molecule is Cc1noc(CC(=O)N2CCO[C@@H](c3nc4ccc(-c5cccnc5)cn4n3)C2)n1.